The number of anilines is 1. The number of hydrogen-bond acceptors (Lipinski definition) is 5. The molecule has 0 saturated carbocycles. The first-order valence-electron chi connectivity index (χ1n) is 15.0. The largest absolute Gasteiger partial charge is 0.381 e. The SMILES string of the molecule is C=C(NCc1ccc(C)c(C)c1)c1cnc(N2CCN(C3CCN(CC(C)CC=C(C)C)CC3)CC2)c(C)c1. The van der Waals surface area contributed by atoms with E-state index >= 15 is 0 Å². The average Bonchev–Trinajstić information content (AvgIpc) is 2.93. The molecule has 1 unspecified atom stereocenters. The van der Waals surface area contributed by atoms with Crippen molar-refractivity contribution in [3.8, 4) is 0 Å². The second kappa shape index (κ2) is 13.6. The fourth-order valence-corrected chi connectivity index (χ4v) is 6.01. The van der Waals surface area contributed by atoms with Crippen LogP contribution in [0.25, 0.3) is 5.70 Å². The van der Waals surface area contributed by atoms with Crippen molar-refractivity contribution in [1.29, 1.82) is 0 Å². The molecule has 0 aliphatic carbocycles. The van der Waals surface area contributed by atoms with E-state index in [9.17, 15) is 0 Å². The maximum Gasteiger partial charge on any atom is 0.131 e. The van der Waals surface area contributed by atoms with Gasteiger partial charge in [0.2, 0.25) is 0 Å². The molecule has 1 atom stereocenters. The van der Waals surface area contributed by atoms with E-state index in [4.69, 9.17) is 4.98 Å². The third-order valence-electron chi connectivity index (χ3n) is 8.66. The molecule has 1 N–H and O–H groups in total. The molecule has 0 amide bonds. The van der Waals surface area contributed by atoms with Gasteiger partial charge in [-0.2, -0.15) is 0 Å². The number of hydrogen-bond donors (Lipinski definition) is 1. The topological polar surface area (TPSA) is 34.6 Å². The van der Waals surface area contributed by atoms with Crippen LogP contribution < -0.4 is 10.2 Å². The minimum Gasteiger partial charge on any atom is -0.381 e. The van der Waals surface area contributed by atoms with Gasteiger partial charge in [-0.25, -0.2) is 4.98 Å². The van der Waals surface area contributed by atoms with E-state index < -0.39 is 0 Å². The first-order chi connectivity index (χ1) is 18.7. The van der Waals surface area contributed by atoms with Crippen LogP contribution in [-0.2, 0) is 6.54 Å². The highest BCUT2D eigenvalue weighted by molar-refractivity contribution is 5.64. The molecule has 1 aromatic heterocycles. The summed E-state index contributed by atoms with van der Waals surface area (Å²) in [7, 11) is 0. The Bertz CT molecular complexity index is 1130. The molecule has 0 spiro atoms. The number of aryl methyl sites for hydroxylation is 3. The van der Waals surface area contributed by atoms with Gasteiger partial charge in [0, 0.05) is 62.8 Å². The van der Waals surface area contributed by atoms with Crippen LogP contribution in [0.1, 0.15) is 67.9 Å². The summed E-state index contributed by atoms with van der Waals surface area (Å²) in [6.07, 6.45) is 8.19. The number of allylic oxidation sites excluding steroid dienone is 2. The molecule has 2 fully saturated rings. The van der Waals surface area contributed by atoms with E-state index in [1.807, 2.05) is 6.20 Å². The van der Waals surface area contributed by atoms with Gasteiger partial charge < -0.3 is 15.1 Å². The van der Waals surface area contributed by atoms with Gasteiger partial charge in [-0.1, -0.05) is 43.4 Å². The fraction of sp³-hybridized carbons (Fsp3) is 0.559. The summed E-state index contributed by atoms with van der Waals surface area (Å²) >= 11 is 0. The molecule has 39 heavy (non-hydrogen) atoms. The number of likely N-dealkylation sites (tertiary alicyclic amines) is 1. The van der Waals surface area contributed by atoms with Crippen molar-refractivity contribution in [3.05, 3.63) is 76.5 Å². The highest BCUT2D eigenvalue weighted by Crippen LogP contribution is 2.25. The van der Waals surface area contributed by atoms with Crippen molar-refractivity contribution in [1.82, 2.24) is 20.1 Å². The molecular formula is C34H51N5. The number of rotatable bonds is 10. The maximum absolute atomic E-state index is 4.90. The van der Waals surface area contributed by atoms with E-state index in [1.54, 1.807) is 0 Å². The smallest absolute Gasteiger partial charge is 0.131 e. The maximum atomic E-state index is 4.90. The lowest BCUT2D eigenvalue weighted by Crippen LogP contribution is -2.53. The lowest BCUT2D eigenvalue weighted by Gasteiger charge is -2.43. The summed E-state index contributed by atoms with van der Waals surface area (Å²) in [4.78, 5) is 12.8. The van der Waals surface area contributed by atoms with Crippen molar-refractivity contribution in [2.75, 3.05) is 50.7 Å². The molecule has 212 valence electrons. The van der Waals surface area contributed by atoms with Crippen LogP contribution in [0.3, 0.4) is 0 Å². The molecule has 5 nitrogen and oxygen atoms in total. The Hall–Kier alpha value is -2.63. The Morgan fingerprint density at radius 1 is 1.00 bits per heavy atom. The van der Waals surface area contributed by atoms with Crippen molar-refractivity contribution in [2.24, 2.45) is 5.92 Å². The van der Waals surface area contributed by atoms with Gasteiger partial charge >= 0.3 is 0 Å². The summed E-state index contributed by atoms with van der Waals surface area (Å²) in [6.45, 7) is 26.5. The zero-order valence-electron chi connectivity index (χ0n) is 25.4. The number of pyridine rings is 1. The summed E-state index contributed by atoms with van der Waals surface area (Å²) in [5.41, 5.74) is 8.59. The lowest BCUT2D eigenvalue weighted by atomic mass is 9.99. The number of nitrogens with one attached hydrogen (secondary N) is 1. The van der Waals surface area contributed by atoms with E-state index in [0.29, 0.717) is 0 Å². The van der Waals surface area contributed by atoms with Crippen molar-refractivity contribution in [3.63, 3.8) is 0 Å². The van der Waals surface area contributed by atoms with E-state index in [2.05, 4.69) is 98.5 Å². The predicted octanol–water partition coefficient (Wildman–Crippen LogP) is 6.35. The van der Waals surface area contributed by atoms with Crippen molar-refractivity contribution in [2.45, 2.75) is 73.4 Å². The number of piperazine rings is 1. The summed E-state index contributed by atoms with van der Waals surface area (Å²) in [5.74, 6) is 1.87. The summed E-state index contributed by atoms with van der Waals surface area (Å²) in [5, 5.41) is 3.49. The molecule has 4 rings (SSSR count). The van der Waals surface area contributed by atoms with E-state index in [0.717, 1.165) is 61.8 Å². The number of piperidine rings is 1. The molecule has 1 aromatic carbocycles. The van der Waals surface area contributed by atoms with Crippen LogP contribution in [-0.4, -0.2) is 66.6 Å². The highest BCUT2D eigenvalue weighted by Gasteiger charge is 2.28. The molecule has 3 heterocycles. The Balaban J connectivity index is 1.22. The first kappa shape index (κ1) is 29.4. The summed E-state index contributed by atoms with van der Waals surface area (Å²) < 4.78 is 0. The average molecular weight is 530 g/mol. The van der Waals surface area contributed by atoms with Gasteiger partial charge in [-0.05, 0) is 101 Å². The molecule has 2 aromatic rings. The Kier molecular flexibility index (Phi) is 10.3. The van der Waals surface area contributed by atoms with Crippen molar-refractivity contribution >= 4 is 11.5 Å². The molecule has 5 heteroatoms. The highest BCUT2D eigenvalue weighted by atomic mass is 15.3. The lowest BCUT2D eigenvalue weighted by molar-refractivity contribution is 0.0961. The predicted molar refractivity (Wildman–Crippen MR) is 167 cm³/mol. The zero-order valence-corrected chi connectivity index (χ0v) is 25.4. The number of aromatic nitrogens is 1. The fourth-order valence-electron chi connectivity index (χ4n) is 6.01. The Morgan fingerprint density at radius 3 is 2.36 bits per heavy atom. The van der Waals surface area contributed by atoms with E-state index in [-0.39, 0.29) is 0 Å². The standard InChI is InChI=1S/C34H51N5/c1-25(2)8-9-26(3)24-37-14-12-33(13-15-37)38-16-18-39(19-17-38)34-29(6)21-32(23-36-34)30(7)35-22-31-11-10-27(4)28(5)20-31/h8,10-11,20-21,23,26,33,35H,7,9,12-19,22,24H2,1-6H3. The van der Waals surface area contributed by atoms with Gasteiger partial charge in [0.25, 0.3) is 0 Å². The van der Waals surface area contributed by atoms with Crippen LogP contribution in [0.15, 0.2) is 48.7 Å². The number of nitrogens with zero attached hydrogens (tertiary/aromatic N) is 4. The second-order valence-electron chi connectivity index (χ2n) is 12.3. The van der Waals surface area contributed by atoms with Gasteiger partial charge in [-0.3, -0.25) is 4.90 Å². The van der Waals surface area contributed by atoms with Gasteiger partial charge in [0.1, 0.15) is 5.82 Å². The first-order valence-corrected chi connectivity index (χ1v) is 15.0. The number of benzene rings is 1. The van der Waals surface area contributed by atoms with Gasteiger partial charge in [0.15, 0.2) is 0 Å². The molecule has 2 saturated heterocycles. The van der Waals surface area contributed by atoms with Crippen LogP contribution in [0.4, 0.5) is 5.82 Å². The van der Waals surface area contributed by atoms with Crippen LogP contribution in [0.2, 0.25) is 0 Å². The third kappa shape index (κ3) is 8.18. The Morgan fingerprint density at radius 2 is 1.72 bits per heavy atom. The van der Waals surface area contributed by atoms with Crippen molar-refractivity contribution < 1.29 is 0 Å². The Labute approximate surface area is 238 Å². The minimum atomic E-state index is 0.736. The normalized spacial score (nSPS) is 18.2. The minimum absolute atomic E-state index is 0.736. The van der Waals surface area contributed by atoms with E-state index in [1.165, 1.54) is 66.7 Å². The summed E-state index contributed by atoms with van der Waals surface area (Å²) in [6, 6.07) is 9.59. The molecule has 0 bridgehead atoms. The molecule has 2 aliphatic rings. The van der Waals surface area contributed by atoms with Crippen LogP contribution in [0.5, 0.6) is 0 Å². The third-order valence-corrected chi connectivity index (χ3v) is 8.66. The molecule has 0 radical (unpaired) electrons. The zero-order chi connectivity index (χ0) is 27.9. The molecular weight excluding hydrogens is 478 g/mol. The van der Waals surface area contributed by atoms with Crippen LogP contribution >= 0.6 is 0 Å². The quantitative estimate of drug-likeness (QED) is 0.363. The molecule has 2 aliphatic heterocycles. The van der Waals surface area contributed by atoms with Gasteiger partial charge in [-0.15, -0.1) is 0 Å². The monoisotopic (exact) mass is 529 g/mol. The van der Waals surface area contributed by atoms with Crippen LogP contribution in [0, 0.1) is 26.7 Å². The van der Waals surface area contributed by atoms with Gasteiger partial charge in [0.05, 0.1) is 0 Å². The second-order valence-corrected chi connectivity index (χ2v) is 12.3.